The van der Waals surface area contributed by atoms with Gasteiger partial charge in [-0.2, -0.15) is 0 Å². The van der Waals surface area contributed by atoms with E-state index in [1.807, 2.05) is 18.2 Å². The molecule has 1 aliphatic rings. The van der Waals surface area contributed by atoms with Crippen molar-refractivity contribution in [3.05, 3.63) is 74.6 Å². The van der Waals surface area contributed by atoms with Gasteiger partial charge in [0.2, 0.25) is 0 Å². The molecule has 0 aliphatic heterocycles. The van der Waals surface area contributed by atoms with Crippen LogP contribution < -0.4 is 0 Å². The van der Waals surface area contributed by atoms with Crippen LogP contribution in [0, 0.1) is 36.6 Å². The van der Waals surface area contributed by atoms with Crippen molar-refractivity contribution in [1.29, 1.82) is 0 Å². The fraction of sp³-hybridized carbons (Fsp3) is 0.346. The number of hydrogen-bond donors (Lipinski definition) is 0. The summed E-state index contributed by atoms with van der Waals surface area (Å²) in [7, 11) is 1.66. The first-order valence-corrected chi connectivity index (χ1v) is 9.35. The molecule has 2 aromatic carbocycles. The maximum absolute atomic E-state index is 8.94. The van der Waals surface area contributed by atoms with Crippen molar-refractivity contribution in [1.82, 2.24) is 0 Å². The van der Waals surface area contributed by atoms with Crippen LogP contribution in [0.5, 0.6) is 0 Å². The third-order valence-electron chi connectivity index (χ3n) is 4.73. The lowest BCUT2D eigenvalue weighted by Crippen LogP contribution is -2.05. The van der Waals surface area contributed by atoms with E-state index in [0.29, 0.717) is 11.1 Å². The SMILES string of the molecule is [2H]C([2H])([2H])c1ccc(C#CC)c(C#Cc2cc(C3([2H])CCCCC3)ccc2C#[N+]C)c1. The summed E-state index contributed by atoms with van der Waals surface area (Å²) in [5, 5.41) is 0. The van der Waals surface area contributed by atoms with E-state index in [4.69, 9.17) is 5.48 Å². The molecule has 2 aromatic rings. The van der Waals surface area contributed by atoms with Crippen molar-refractivity contribution in [3.63, 3.8) is 0 Å². The minimum atomic E-state index is -2.21. The van der Waals surface area contributed by atoms with Crippen LogP contribution in [-0.2, 0) is 0 Å². The summed E-state index contributed by atoms with van der Waals surface area (Å²) in [5.41, 5.74) is 3.96. The molecule has 3 rings (SSSR count). The monoisotopic (exact) mass is 356 g/mol. The van der Waals surface area contributed by atoms with Gasteiger partial charge in [-0.1, -0.05) is 54.0 Å². The molecule has 0 heterocycles. The van der Waals surface area contributed by atoms with Crippen LogP contribution in [0.25, 0.3) is 4.85 Å². The third-order valence-corrected chi connectivity index (χ3v) is 4.73. The van der Waals surface area contributed by atoms with Crippen LogP contribution >= 0.6 is 0 Å². The number of hydrogen-bond acceptors (Lipinski definition) is 0. The molecule has 1 aliphatic carbocycles. The van der Waals surface area contributed by atoms with Crippen LogP contribution in [0.3, 0.4) is 0 Å². The van der Waals surface area contributed by atoms with Crippen molar-refractivity contribution >= 4 is 0 Å². The maximum atomic E-state index is 8.94. The second-order valence-electron chi connectivity index (χ2n) is 6.65. The molecule has 0 amide bonds. The smallest absolute Gasteiger partial charge is 0.101 e. The van der Waals surface area contributed by atoms with E-state index in [-0.39, 0.29) is 5.56 Å². The Bertz CT molecular complexity index is 1150. The Morgan fingerprint density at radius 3 is 2.37 bits per heavy atom. The highest BCUT2D eigenvalue weighted by Crippen LogP contribution is 2.33. The molecule has 134 valence electrons. The van der Waals surface area contributed by atoms with Crippen molar-refractivity contribution < 1.29 is 5.48 Å². The second-order valence-corrected chi connectivity index (χ2v) is 6.65. The lowest BCUT2D eigenvalue weighted by molar-refractivity contribution is 0.443. The number of aryl methyl sites for hydroxylation is 1. The molecule has 0 radical (unpaired) electrons. The molecule has 0 atom stereocenters. The molecule has 0 aromatic heterocycles. The highest BCUT2D eigenvalue weighted by Gasteiger charge is 2.17. The Kier molecular flexibility index (Phi) is 4.78. The maximum Gasteiger partial charge on any atom is 0.311 e. The number of rotatable bonds is 1. The predicted molar refractivity (Wildman–Crippen MR) is 114 cm³/mol. The zero-order chi connectivity index (χ0) is 22.5. The van der Waals surface area contributed by atoms with E-state index >= 15 is 0 Å². The van der Waals surface area contributed by atoms with Crippen molar-refractivity contribution in [2.75, 3.05) is 7.05 Å². The molecule has 0 bridgehead atoms. The van der Waals surface area contributed by atoms with Gasteiger partial charge in [-0.25, -0.2) is 0 Å². The first-order chi connectivity index (χ1) is 14.8. The summed E-state index contributed by atoms with van der Waals surface area (Å²) >= 11 is 0. The summed E-state index contributed by atoms with van der Waals surface area (Å²) in [6.07, 6.45) is 5.01. The van der Waals surface area contributed by atoms with E-state index in [9.17, 15) is 0 Å². The molecule has 1 nitrogen and oxygen atoms in total. The highest BCUT2D eigenvalue weighted by atomic mass is 14.6. The summed E-state index contributed by atoms with van der Waals surface area (Å²) < 4.78 is 32.0. The van der Waals surface area contributed by atoms with Gasteiger partial charge in [-0.05, 0) is 67.9 Å². The molecule has 0 saturated heterocycles. The Labute approximate surface area is 169 Å². The quantitative estimate of drug-likeness (QED) is 0.542. The zero-order valence-electron chi connectivity index (χ0n) is 19.9. The van der Waals surface area contributed by atoms with Crippen molar-refractivity contribution in [2.45, 2.75) is 51.8 Å². The van der Waals surface area contributed by atoms with E-state index < -0.39 is 12.7 Å². The van der Waals surface area contributed by atoms with Crippen molar-refractivity contribution in [2.24, 2.45) is 0 Å². The summed E-state index contributed by atoms with van der Waals surface area (Å²) in [6.45, 7) is -0.470. The van der Waals surface area contributed by atoms with E-state index in [1.54, 1.807) is 32.2 Å². The normalized spacial score (nSPS) is 17.3. The van der Waals surface area contributed by atoms with E-state index in [2.05, 4.69) is 34.6 Å². The van der Waals surface area contributed by atoms with Crippen LogP contribution in [-0.4, -0.2) is 7.05 Å². The van der Waals surface area contributed by atoms with Gasteiger partial charge in [0.15, 0.2) is 0 Å². The molecule has 0 spiro atoms. The van der Waals surface area contributed by atoms with Crippen LogP contribution in [0.4, 0.5) is 0 Å². The lowest BCUT2D eigenvalue weighted by atomic mass is 9.83. The second kappa shape index (κ2) is 9.12. The fourth-order valence-corrected chi connectivity index (χ4v) is 3.38. The van der Waals surface area contributed by atoms with Gasteiger partial charge in [0, 0.05) is 22.2 Å². The average Bonchev–Trinajstić information content (AvgIpc) is 2.74. The molecule has 0 unspecified atom stereocenters. The first kappa shape index (κ1) is 14.2. The van der Waals surface area contributed by atoms with Gasteiger partial charge < -0.3 is 0 Å². The largest absolute Gasteiger partial charge is 0.311 e. The van der Waals surface area contributed by atoms with Gasteiger partial charge in [0.05, 0.1) is 0 Å². The van der Waals surface area contributed by atoms with Gasteiger partial charge in [0.25, 0.3) is 7.05 Å². The number of nitrogens with zero attached hydrogens (tertiary/aromatic N) is 1. The standard InChI is InChI=1S/C26H26N/c1-4-8-21-12-11-20(2)17-23(21)13-14-25-18-24(15-16-26(25)19-27-3)22-9-6-5-7-10-22/h11-12,15-18,22H,5-7,9-10H2,1-3H3/q+1/i2D3,22D. The molecule has 27 heavy (non-hydrogen) atoms. The van der Waals surface area contributed by atoms with Crippen LogP contribution in [0.2, 0.25) is 0 Å². The molecular formula is C26H26N+. The highest BCUT2D eigenvalue weighted by molar-refractivity contribution is 5.57. The Morgan fingerprint density at radius 1 is 0.926 bits per heavy atom. The Hall–Kier alpha value is -2.95. The molecular weight excluding hydrogens is 326 g/mol. The summed E-state index contributed by atoms with van der Waals surface area (Å²) in [6, 6.07) is 13.7. The topological polar surface area (TPSA) is 4.36 Å². The molecule has 1 saturated carbocycles. The Balaban J connectivity index is 2.11. The fourth-order valence-electron chi connectivity index (χ4n) is 3.38. The van der Waals surface area contributed by atoms with E-state index in [1.165, 1.54) is 6.42 Å². The molecule has 1 fully saturated rings. The molecule has 1 heteroatoms. The minimum Gasteiger partial charge on any atom is -0.101 e. The molecule has 0 N–H and O–H groups in total. The average molecular weight is 357 g/mol. The Morgan fingerprint density at radius 2 is 1.67 bits per heavy atom. The van der Waals surface area contributed by atoms with Crippen molar-refractivity contribution in [3.8, 4) is 29.8 Å². The zero-order valence-corrected chi connectivity index (χ0v) is 15.9. The third kappa shape index (κ3) is 4.82. The summed E-state index contributed by atoms with van der Waals surface area (Å²) in [5.74, 6) is 11.6. The summed E-state index contributed by atoms with van der Waals surface area (Å²) in [4.78, 5) is 4.01. The van der Waals surface area contributed by atoms with Gasteiger partial charge >= 0.3 is 6.07 Å². The van der Waals surface area contributed by atoms with Gasteiger partial charge in [0.1, 0.15) is 5.56 Å². The minimum absolute atomic E-state index is 0.237. The van der Waals surface area contributed by atoms with Crippen LogP contribution in [0.1, 0.15) is 83.8 Å². The van der Waals surface area contributed by atoms with E-state index in [0.717, 1.165) is 42.4 Å². The van der Waals surface area contributed by atoms with Gasteiger partial charge in [-0.3, -0.25) is 0 Å². The first-order valence-electron chi connectivity index (χ1n) is 11.4. The predicted octanol–water partition coefficient (Wildman–Crippen LogP) is 6.12. The van der Waals surface area contributed by atoms with Gasteiger partial charge in [-0.15, -0.1) is 5.92 Å². The van der Waals surface area contributed by atoms with Crippen LogP contribution in [0.15, 0.2) is 36.4 Å². The number of benzene rings is 2. The lowest BCUT2D eigenvalue weighted by Gasteiger charge is -2.22.